The van der Waals surface area contributed by atoms with Gasteiger partial charge in [0.2, 0.25) is 11.8 Å². The minimum absolute atomic E-state index is 0.174. The number of hydrogen-bond donors (Lipinski definition) is 3. The Kier molecular flexibility index (Phi) is 6.27. The van der Waals surface area contributed by atoms with Gasteiger partial charge in [0.25, 0.3) is 0 Å². The van der Waals surface area contributed by atoms with Crippen LogP contribution in [0.5, 0.6) is 0 Å². The maximum Gasteiger partial charge on any atom is 0.243 e. The minimum atomic E-state index is -0.799. The molecule has 0 saturated carbocycles. The van der Waals surface area contributed by atoms with Crippen molar-refractivity contribution in [3.8, 4) is 0 Å². The number of likely N-dealkylation sites (N-methyl/N-ethyl adjacent to an activating group) is 1. The smallest absolute Gasteiger partial charge is 0.243 e. The van der Waals surface area contributed by atoms with Gasteiger partial charge in [-0.2, -0.15) is 0 Å². The van der Waals surface area contributed by atoms with E-state index in [-0.39, 0.29) is 36.6 Å². The zero-order valence-corrected chi connectivity index (χ0v) is 17.4. The summed E-state index contributed by atoms with van der Waals surface area (Å²) in [5.41, 5.74) is 2.29. The first kappa shape index (κ1) is 21.0. The van der Waals surface area contributed by atoms with E-state index in [1.54, 1.807) is 18.3 Å². The van der Waals surface area contributed by atoms with Crippen LogP contribution < -0.4 is 10.6 Å². The monoisotopic (exact) mass is 423 g/mol. The van der Waals surface area contributed by atoms with Crippen molar-refractivity contribution in [2.75, 3.05) is 13.6 Å². The summed E-state index contributed by atoms with van der Waals surface area (Å²) in [7, 11) is 1.91. The summed E-state index contributed by atoms with van der Waals surface area (Å²) in [4.78, 5) is 35.1. The summed E-state index contributed by atoms with van der Waals surface area (Å²) in [6.07, 6.45) is 5.43. The Bertz CT molecular complexity index is 1080. The number of H-pyrrole nitrogens is 1. The van der Waals surface area contributed by atoms with E-state index in [4.69, 9.17) is 0 Å². The molecule has 1 fully saturated rings. The van der Waals surface area contributed by atoms with Crippen LogP contribution in [0, 0.1) is 5.82 Å². The predicted octanol–water partition coefficient (Wildman–Crippen LogP) is 2.14. The van der Waals surface area contributed by atoms with Crippen molar-refractivity contribution in [2.45, 2.75) is 37.9 Å². The Hall–Kier alpha value is -3.26. The van der Waals surface area contributed by atoms with Crippen molar-refractivity contribution in [1.29, 1.82) is 0 Å². The lowest BCUT2D eigenvalue weighted by atomic mass is 10.0. The average Bonchev–Trinajstić information content (AvgIpc) is 3.39. The van der Waals surface area contributed by atoms with E-state index in [9.17, 15) is 14.0 Å². The highest BCUT2D eigenvalue weighted by Gasteiger charge is 2.31. The largest absolute Gasteiger partial charge is 0.350 e. The summed E-state index contributed by atoms with van der Waals surface area (Å²) in [5, 5.41) is 6.73. The van der Waals surface area contributed by atoms with Crippen molar-refractivity contribution in [3.05, 3.63) is 65.7 Å². The molecular weight excluding hydrogens is 397 g/mol. The molecule has 4 rings (SSSR count). The number of hydrogen-bond acceptors (Lipinski definition) is 4. The molecule has 162 valence electrons. The van der Waals surface area contributed by atoms with Crippen LogP contribution in [0.2, 0.25) is 0 Å². The van der Waals surface area contributed by atoms with Gasteiger partial charge in [-0.3, -0.25) is 14.5 Å². The maximum atomic E-state index is 13.6. The topological polar surface area (TPSA) is 90.1 Å². The molecule has 0 aliphatic carbocycles. The third-order valence-corrected chi connectivity index (χ3v) is 5.71. The van der Waals surface area contributed by atoms with Gasteiger partial charge < -0.3 is 15.6 Å². The molecule has 2 atom stereocenters. The Morgan fingerprint density at radius 2 is 2.16 bits per heavy atom. The lowest BCUT2D eigenvalue weighted by Gasteiger charge is -2.23. The van der Waals surface area contributed by atoms with Crippen LogP contribution >= 0.6 is 0 Å². The molecule has 8 heteroatoms. The average molecular weight is 423 g/mol. The lowest BCUT2D eigenvalue weighted by molar-refractivity contribution is -0.131. The van der Waals surface area contributed by atoms with Crippen molar-refractivity contribution < 1.29 is 14.0 Å². The van der Waals surface area contributed by atoms with Gasteiger partial charge in [0.1, 0.15) is 17.5 Å². The molecule has 1 aliphatic heterocycles. The number of benzene rings is 1. The van der Waals surface area contributed by atoms with Gasteiger partial charge >= 0.3 is 0 Å². The van der Waals surface area contributed by atoms with Crippen LogP contribution in [0.4, 0.5) is 4.39 Å². The molecule has 3 aromatic rings. The van der Waals surface area contributed by atoms with Gasteiger partial charge in [-0.25, -0.2) is 9.37 Å². The van der Waals surface area contributed by atoms with Crippen LogP contribution in [0.25, 0.3) is 11.0 Å². The number of aromatic amines is 1. The molecule has 1 aliphatic rings. The number of likely N-dealkylation sites (tertiary alicyclic amines) is 1. The number of rotatable bonds is 7. The number of nitrogens with zero attached hydrogens (tertiary/aromatic N) is 2. The first-order valence-electron chi connectivity index (χ1n) is 10.4. The second kappa shape index (κ2) is 9.26. The second-order valence-electron chi connectivity index (χ2n) is 8.01. The number of carbonyl (C=O) groups excluding carboxylic acids is 2. The van der Waals surface area contributed by atoms with Crippen molar-refractivity contribution >= 4 is 22.8 Å². The summed E-state index contributed by atoms with van der Waals surface area (Å²) in [5.74, 6) is -0.858. The van der Waals surface area contributed by atoms with Crippen LogP contribution in [0.3, 0.4) is 0 Å². The molecule has 31 heavy (non-hydrogen) atoms. The van der Waals surface area contributed by atoms with E-state index < -0.39 is 6.04 Å². The Labute approximate surface area is 180 Å². The van der Waals surface area contributed by atoms with Gasteiger partial charge in [0.15, 0.2) is 0 Å². The molecule has 0 spiro atoms. The number of nitrogens with one attached hydrogen (secondary N) is 3. The number of halogens is 1. The number of pyridine rings is 1. The highest BCUT2D eigenvalue weighted by Crippen LogP contribution is 2.16. The fraction of sp³-hybridized carbons (Fsp3) is 0.348. The molecule has 3 N–H and O–H groups in total. The van der Waals surface area contributed by atoms with Crippen molar-refractivity contribution in [1.82, 2.24) is 25.5 Å². The predicted molar refractivity (Wildman–Crippen MR) is 116 cm³/mol. The standard InChI is InChI=1S/C23H26FN5O2/c1-29-9-3-6-20(29)23(31)28-19(12-15-4-2-5-18(24)11-15)22(30)27-14-16-10-17-7-8-25-21(17)26-13-16/h2,4-5,7-8,10-11,13,19-20H,3,6,9,12,14H2,1H3,(H,25,26)(H,27,30)(H,28,31)/t19-,20+/m0/s1. The molecule has 1 aromatic carbocycles. The van der Waals surface area contributed by atoms with E-state index in [2.05, 4.69) is 20.6 Å². The van der Waals surface area contributed by atoms with Gasteiger partial charge in [0, 0.05) is 30.7 Å². The van der Waals surface area contributed by atoms with Crippen molar-refractivity contribution in [2.24, 2.45) is 0 Å². The van der Waals surface area contributed by atoms with Crippen LogP contribution in [0.15, 0.2) is 48.8 Å². The molecule has 0 unspecified atom stereocenters. The fourth-order valence-electron chi connectivity index (χ4n) is 4.01. The van der Waals surface area contributed by atoms with E-state index in [1.165, 1.54) is 12.1 Å². The Morgan fingerprint density at radius 3 is 2.94 bits per heavy atom. The first-order valence-corrected chi connectivity index (χ1v) is 10.4. The number of aromatic nitrogens is 2. The highest BCUT2D eigenvalue weighted by molar-refractivity contribution is 5.90. The van der Waals surface area contributed by atoms with Crippen LogP contribution in [-0.4, -0.2) is 52.4 Å². The molecule has 2 aromatic heterocycles. The maximum absolute atomic E-state index is 13.6. The van der Waals surface area contributed by atoms with Crippen LogP contribution in [-0.2, 0) is 22.6 Å². The number of fused-ring (bicyclic) bond motifs is 1. The highest BCUT2D eigenvalue weighted by atomic mass is 19.1. The van der Waals surface area contributed by atoms with Crippen molar-refractivity contribution in [3.63, 3.8) is 0 Å². The normalized spacial score (nSPS) is 17.5. The molecule has 0 radical (unpaired) electrons. The van der Waals surface area contributed by atoms with E-state index in [0.717, 1.165) is 36.0 Å². The lowest BCUT2D eigenvalue weighted by Crippen LogP contribution is -2.52. The van der Waals surface area contributed by atoms with Gasteiger partial charge in [-0.05, 0) is 61.8 Å². The third-order valence-electron chi connectivity index (χ3n) is 5.71. The Morgan fingerprint density at radius 1 is 1.29 bits per heavy atom. The summed E-state index contributed by atoms with van der Waals surface area (Å²) >= 11 is 0. The van der Waals surface area contributed by atoms with Gasteiger partial charge in [-0.1, -0.05) is 12.1 Å². The quantitative estimate of drug-likeness (QED) is 0.543. The molecule has 2 amide bonds. The van der Waals surface area contributed by atoms with Gasteiger partial charge in [0.05, 0.1) is 6.04 Å². The Balaban J connectivity index is 1.46. The second-order valence-corrected chi connectivity index (χ2v) is 8.01. The molecule has 0 bridgehead atoms. The van der Waals surface area contributed by atoms with E-state index in [0.29, 0.717) is 5.56 Å². The zero-order chi connectivity index (χ0) is 21.8. The molecular formula is C23H26FN5O2. The fourth-order valence-corrected chi connectivity index (χ4v) is 4.01. The number of amides is 2. The number of carbonyl (C=O) groups is 2. The van der Waals surface area contributed by atoms with E-state index >= 15 is 0 Å². The molecule has 1 saturated heterocycles. The van der Waals surface area contributed by atoms with E-state index in [1.807, 2.05) is 30.3 Å². The third kappa shape index (κ3) is 5.08. The van der Waals surface area contributed by atoms with Gasteiger partial charge in [-0.15, -0.1) is 0 Å². The first-order chi connectivity index (χ1) is 15.0. The minimum Gasteiger partial charge on any atom is -0.350 e. The summed E-state index contributed by atoms with van der Waals surface area (Å²) in [6.45, 7) is 1.14. The summed E-state index contributed by atoms with van der Waals surface area (Å²) in [6, 6.07) is 8.92. The van der Waals surface area contributed by atoms with Crippen LogP contribution in [0.1, 0.15) is 24.0 Å². The summed E-state index contributed by atoms with van der Waals surface area (Å²) < 4.78 is 13.6. The molecule has 7 nitrogen and oxygen atoms in total. The molecule has 3 heterocycles. The SMILES string of the molecule is CN1CCC[C@@H]1C(=O)N[C@@H](Cc1cccc(F)c1)C(=O)NCc1cnc2[nH]ccc2c1. The zero-order valence-electron chi connectivity index (χ0n) is 17.4.